The molecular formula is C11H14ClN5. The molecule has 2 N–H and O–H groups in total. The molecule has 0 atom stereocenters. The third kappa shape index (κ3) is 2.24. The number of nitrogen functional groups attached to an aromatic ring is 1. The number of benzene rings is 1. The highest BCUT2D eigenvalue weighted by atomic mass is 35.5. The minimum Gasteiger partial charge on any atom is -0.398 e. The van der Waals surface area contributed by atoms with Crippen molar-refractivity contribution in [2.45, 2.75) is 26.3 Å². The molecular weight excluding hydrogens is 238 g/mol. The van der Waals surface area contributed by atoms with Gasteiger partial charge in [0.15, 0.2) is 5.82 Å². The van der Waals surface area contributed by atoms with Crippen LogP contribution >= 0.6 is 11.6 Å². The number of nitrogens with zero attached hydrogens (tertiary/aromatic N) is 4. The van der Waals surface area contributed by atoms with Gasteiger partial charge in [-0.25, -0.2) is 4.68 Å². The summed E-state index contributed by atoms with van der Waals surface area (Å²) in [7, 11) is 0. The van der Waals surface area contributed by atoms with E-state index in [-0.39, 0.29) is 5.54 Å². The molecule has 5 nitrogen and oxygen atoms in total. The van der Waals surface area contributed by atoms with Gasteiger partial charge in [-0.2, -0.15) is 0 Å². The Hall–Kier alpha value is -1.62. The minimum atomic E-state index is -0.187. The fourth-order valence-electron chi connectivity index (χ4n) is 1.50. The highest BCUT2D eigenvalue weighted by Gasteiger charge is 2.20. The van der Waals surface area contributed by atoms with Crippen molar-refractivity contribution in [2.75, 3.05) is 5.73 Å². The fraction of sp³-hybridized carbons (Fsp3) is 0.364. The van der Waals surface area contributed by atoms with Crippen LogP contribution in [0.5, 0.6) is 0 Å². The van der Waals surface area contributed by atoms with E-state index in [9.17, 15) is 0 Å². The molecule has 1 aromatic heterocycles. The van der Waals surface area contributed by atoms with Crippen molar-refractivity contribution >= 4 is 17.3 Å². The zero-order chi connectivity index (χ0) is 12.6. The largest absolute Gasteiger partial charge is 0.398 e. The van der Waals surface area contributed by atoms with Gasteiger partial charge >= 0.3 is 0 Å². The second-order valence-corrected chi connectivity index (χ2v) is 5.23. The molecule has 0 amide bonds. The van der Waals surface area contributed by atoms with Crippen LogP contribution in [0.3, 0.4) is 0 Å². The monoisotopic (exact) mass is 251 g/mol. The van der Waals surface area contributed by atoms with E-state index in [1.54, 1.807) is 16.8 Å². The van der Waals surface area contributed by atoms with Crippen LogP contribution in [-0.4, -0.2) is 20.2 Å². The average Bonchev–Trinajstić information content (AvgIpc) is 2.70. The van der Waals surface area contributed by atoms with Crippen molar-refractivity contribution in [3.63, 3.8) is 0 Å². The quantitative estimate of drug-likeness (QED) is 0.790. The van der Waals surface area contributed by atoms with Crippen LogP contribution in [0, 0.1) is 0 Å². The Bertz CT molecular complexity index is 541. The Morgan fingerprint density at radius 3 is 2.59 bits per heavy atom. The number of anilines is 1. The molecule has 2 aromatic rings. The molecule has 0 radical (unpaired) electrons. The first-order valence-electron chi connectivity index (χ1n) is 5.24. The number of aromatic nitrogens is 4. The molecule has 0 spiro atoms. The second kappa shape index (κ2) is 4.00. The molecule has 17 heavy (non-hydrogen) atoms. The Morgan fingerprint density at radius 1 is 1.29 bits per heavy atom. The van der Waals surface area contributed by atoms with E-state index in [0.29, 0.717) is 16.5 Å². The summed E-state index contributed by atoms with van der Waals surface area (Å²) < 4.78 is 1.76. The number of tetrazole rings is 1. The van der Waals surface area contributed by atoms with Gasteiger partial charge in [0.05, 0.1) is 16.2 Å². The van der Waals surface area contributed by atoms with Crippen molar-refractivity contribution in [3.05, 3.63) is 23.2 Å². The maximum atomic E-state index is 5.89. The standard InChI is InChI=1S/C11H14ClN5/c1-11(2,3)17-10(14-15-16-17)7-4-5-8(12)9(13)6-7/h4-6H,13H2,1-3H3. The lowest BCUT2D eigenvalue weighted by atomic mass is 10.1. The normalized spacial score (nSPS) is 11.8. The third-order valence-electron chi connectivity index (χ3n) is 2.36. The molecule has 0 saturated carbocycles. The van der Waals surface area contributed by atoms with Crippen LogP contribution < -0.4 is 5.73 Å². The zero-order valence-corrected chi connectivity index (χ0v) is 10.7. The summed E-state index contributed by atoms with van der Waals surface area (Å²) in [5, 5.41) is 12.3. The van der Waals surface area contributed by atoms with Gasteiger partial charge in [0.2, 0.25) is 0 Å². The number of rotatable bonds is 1. The van der Waals surface area contributed by atoms with E-state index in [0.717, 1.165) is 5.56 Å². The van der Waals surface area contributed by atoms with Gasteiger partial charge in [-0.15, -0.1) is 5.10 Å². The minimum absolute atomic E-state index is 0.187. The lowest BCUT2D eigenvalue weighted by molar-refractivity contribution is 0.351. The number of hydrogen-bond acceptors (Lipinski definition) is 4. The number of nitrogens with two attached hydrogens (primary N) is 1. The number of halogens is 1. The molecule has 0 bridgehead atoms. The van der Waals surface area contributed by atoms with E-state index in [4.69, 9.17) is 17.3 Å². The molecule has 2 rings (SSSR count). The molecule has 90 valence electrons. The maximum absolute atomic E-state index is 5.89. The molecule has 1 heterocycles. The molecule has 1 aromatic carbocycles. The average molecular weight is 252 g/mol. The SMILES string of the molecule is CC(C)(C)n1nnnc1-c1ccc(Cl)c(N)c1. The van der Waals surface area contributed by atoms with Crippen molar-refractivity contribution in [2.24, 2.45) is 0 Å². The highest BCUT2D eigenvalue weighted by molar-refractivity contribution is 6.33. The predicted molar refractivity (Wildman–Crippen MR) is 67.7 cm³/mol. The van der Waals surface area contributed by atoms with Gasteiger partial charge < -0.3 is 5.73 Å². The van der Waals surface area contributed by atoms with Gasteiger partial charge in [-0.3, -0.25) is 0 Å². The first-order valence-corrected chi connectivity index (χ1v) is 5.61. The summed E-state index contributed by atoms with van der Waals surface area (Å²) >= 11 is 5.89. The van der Waals surface area contributed by atoms with Crippen molar-refractivity contribution in [3.8, 4) is 11.4 Å². The van der Waals surface area contributed by atoms with Crippen LogP contribution in [0.4, 0.5) is 5.69 Å². The van der Waals surface area contributed by atoms with Crippen LogP contribution in [0.2, 0.25) is 5.02 Å². The van der Waals surface area contributed by atoms with Crippen LogP contribution in [0.15, 0.2) is 18.2 Å². The first kappa shape index (κ1) is 11.9. The molecule has 0 fully saturated rings. The van der Waals surface area contributed by atoms with E-state index in [1.165, 1.54) is 0 Å². The topological polar surface area (TPSA) is 69.6 Å². The van der Waals surface area contributed by atoms with Gasteiger partial charge in [0.1, 0.15) is 0 Å². The Kier molecular flexibility index (Phi) is 2.79. The fourth-order valence-corrected chi connectivity index (χ4v) is 1.62. The summed E-state index contributed by atoms with van der Waals surface area (Å²) in [6, 6.07) is 5.37. The van der Waals surface area contributed by atoms with Gasteiger partial charge in [-0.1, -0.05) is 11.6 Å². The van der Waals surface area contributed by atoms with Crippen LogP contribution in [-0.2, 0) is 5.54 Å². The van der Waals surface area contributed by atoms with Gasteiger partial charge in [0, 0.05) is 5.56 Å². The highest BCUT2D eigenvalue weighted by Crippen LogP contribution is 2.27. The Morgan fingerprint density at radius 2 is 2.00 bits per heavy atom. The van der Waals surface area contributed by atoms with Crippen LogP contribution in [0.25, 0.3) is 11.4 Å². The lowest BCUT2D eigenvalue weighted by Crippen LogP contribution is -2.24. The molecule has 0 aliphatic rings. The van der Waals surface area contributed by atoms with E-state index in [2.05, 4.69) is 15.5 Å². The molecule has 0 aliphatic heterocycles. The summed E-state index contributed by atoms with van der Waals surface area (Å²) in [6.45, 7) is 6.10. The lowest BCUT2D eigenvalue weighted by Gasteiger charge is -2.20. The predicted octanol–water partition coefficient (Wildman–Crippen LogP) is 2.33. The van der Waals surface area contributed by atoms with E-state index >= 15 is 0 Å². The molecule has 6 heteroatoms. The maximum Gasteiger partial charge on any atom is 0.182 e. The number of hydrogen-bond donors (Lipinski definition) is 1. The summed E-state index contributed by atoms with van der Waals surface area (Å²) in [5.74, 6) is 0.681. The summed E-state index contributed by atoms with van der Waals surface area (Å²) in [4.78, 5) is 0. The molecule has 0 aliphatic carbocycles. The third-order valence-corrected chi connectivity index (χ3v) is 2.70. The van der Waals surface area contributed by atoms with Crippen LogP contribution in [0.1, 0.15) is 20.8 Å². The van der Waals surface area contributed by atoms with Crippen molar-refractivity contribution < 1.29 is 0 Å². The van der Waals surface area contributed by atoms with E-state index < -0.39 is 0 Å². The summed E-state index contributed by atoms with van der Waals surface area (Å²) in [5.41, 5.74) is 6.96. The molecule has 0 saturated heterocycles. The molecule has 0 unspecified atom stereocenters. The smallest absolute Gasteiger partial charge is 0.182 e. The Balaban J connectivity index is 2.54. The van der Waals surface area contributed by atoms with E-state index in [1.807, 2.05) is 26.8 Å². The Labute approximate surface area is 105 Å². The van der Waals surface area contributed by atoms with Gasteiger partial charge in [0.25, 0.3) is 0 Å². The zero-order valence-electron chi connectivity index (χ0n) is 9.98. The van der Waals surface area contributed by atoms with Crippen molar-refractivity contribution in [1.29, 1.82) is 0 Å². The summed E-state index contributed by atoms with van der Waals surface area (Å²) in [6.07, 6.45) is 0. The van der Waals surface area contributed by atoms with Crippen molar-refractivity contribution in [1.82, 2.24) is 20.2 Å². The first-order chi connectivity index (χ1) is 7.89. The van der Waals surface area contributed by atoms with Gasteiger partial charge in [-0.05, 0) is 49.4 Å². The second-order valence-electron chi connectivity index (χ2n) is 4.82.